The van der Waals surface area contributed by atoms with E-state index in [1.165, 1.54) is 18.7 Å². The second kappa shape index (κ2) is 7.45. The van der Waals surface area contributed by atoms with Crippen LogP contribution in [0.3, 0.4) is 0 Å². The topological polar surface area (TPSA) is 116 Å². The molecule has 3 rings (SSSR count). The Morgan fingerprint density at radius 2 is 2.08 bits per heavy atom. The molecule has 0 unspecified atom stereocenters. The fraction of sp³-hybridized carbons (Fsp3) is 0. The normalized spacial score (nSPS) is 10.8. The molecule has 0 saturated carbocycles. The number of hydrazone groups is 1. The van der Waals surface area contributed by atoms with Gasteiger partial charge in [-0.3, -0.25) is 5.43 Å². The Bertz CT molecular complexity index is 895. The summed E-state index contributed by atoms with van der Waals surface area (Å²) in [6.45, 7) is 0. The van der Waals surface area contributed by atoms with Crippen LogP contribution in [0.15, 0.2) is 58.5 Å². The van der Waals surface area contributed by atoms with Gasteiger partial charge in [-0.15, -0.1) is 0 Å². The highest BCUT2D eigenvalue weighted by atomic mass is 35.5. The SMILES string of the molecule is Nc1c(Cl)ncnc1N/N=C\c1ccc(OC(=O)c2ccco2)cc1. The van der Waals surface area contributed by atoms with Crippen molar-refractivity contribution in [3.05, 3.63) is 65.5 Å². The monoisotopic (exact) mass is 357 g/mol. The maximum atomic E-state index is 11.8. The van der Waals surface area contributed by atoms with Gasteiger partial charge in [-0.2, -0.15) is 5.10 Å². The van der Waals surface area contributed by atoms with Crippen molar-refractivity contribution in [1.82, 2.24) is 9.97 Å². The Labute approximate surface area is 147 Å². The van der Waals surface area contributed by atoms with E-state index in [0.29, 0.717) is 11.6 Å². The average molecular weight is 358 g/mol. The Hall–Kier alpha value is -3.39. The van der Waals surface area contributed by atoms with Gasteiger partial charge in [0.15, 0.2) is 11.0 Å². The van der Waals surface area contributed by atoms with Crippen LogP contribution in [0, 0.1) is 0 Å². The number of carbonyl (C=O) groups is 1. The van der Waals surface area contributed by atoms with Crippen molar-refractivity contribution in [2.24, 2.45) is 5.10 Å². The van der Waals surface area contributed by atoms with Crippen LogP contribution >= 0.6 is 11.6 Å². The molecule has 3 aromatic rings. The molecule has 25 heavy (non-hydrogen) atoms. The van der Waals surface area contributed by atoms with E-state index in [1.807, 2.05) is 0 Å². The first-order chi connectivity index (χ1) is 12.1. The van der Waals surface area contributed by atoms with Gasteiger partial charge in [0.05, 0.1) is 12.5 Å². The van der Waals surface area contributed by atoms with E-state index in [9.17, 15) is 4.79 Å². The van der Waals surface area contributed by atoms with E-state index in [0.717, 1.165) is 5.56 Å². The number of nitrogens with zero attached hydrogens (tertiary/aromatic N) is 3. The second-order valence-electron chi connectivity index (χ2n) is 4.73. The lowest BCUT2D eigenvalue weighted by atomic mass is 10.2. The molecule has 0 amide bonds. The molecule has 1 aromatic carbocycles. The molecule has 126 valence electrons. The summed E-state index contributed by atoms with van der Waals surface area (Å²) in [4.78, 5) is 19.4. The van der Waals surface area contributed by atoms with E-state index >= 15 is 0 Å². The van der Waals surface area contributed by atoms with Gasteiger partial charge in [0.2, 0.25) is 5.76 Å². The Morgan fingerprint density at radius 1 is 1.28 bits per heavy atom. The molecule has 0 aliphatic heterocycles. The summed E-state index contributed by atoms with van der Waals surface area (Å²) >= 11 is 5.79. The fourth-order valence-electron chi connectivity index (χ4n) is 1.81. The minimum Gasteiger partial charge on any atom is -0.457 e. The highest BCUT2D eigenvalue weighted by molar-refractivity contribution is 6.32. The van der Waals surface area contributed by atoms with Crippen molar-refractivity contribution in [3.63, 3.8) is 0 Å². The first-order valence-electron chi connectivity index (χ1n) is 7.04. The van der Waals surface area contributed by atoms with Crippen molar-refractivity contribution in [3.8, 4) is 5.75 Å². The summed E-state index contributed by atoms with van der Waals surface area (Å²) in [6.07, 6.45) is 4.23. The molecular formula is C16H12ClN5O3. The Morgan fingerprint density at radius 3 is 2.80 bits per heavy atom. The van der Waals surface area contributed by atoms with Crippen molar-refractivity contribution >= 4 is 35.3 Å². The van der Waals surface area contributed by atoms with Crippen LogP contribution in [0.1, 0.15) is 16.1 Å². The number of halogens is 1. The first-order valence-corrected chi connectivity index (χ1v) is 7.42. The number of esters is 1. The number of rotatable bonds is 5. The van der Waals surface area contributed by atoms with E-state index in [-0.39, 0.29) is 16.6 Å². The number of furan rings is 1. The number of nitrogens with one attached hydrogen (secondary N) is 1. The largest absolute Gasteiger partial charge is 0.457 e. The standard InChI is InChI=1S/C16H12ClN5O3/c17-14-13(18)15(20-9-19-14)22-21-8-10-3-5-11(6-4-10)25-16(23)12-2-1-7-24-12/h1-9H,18H2,(H,19,20,22)/b21-8-. The van der Waals surface area contributed by atoms with E-state index < -0.39 is 5.97 Å². The lowest BCUT2D eigenvalue weighted by Gasteiger charge is -2.04. The Balaban J connectivity index is 1.60. The zero-order chi connectivity index (χ0) is 17.6. The van der Waals surface area contributed by atoms with Gasteiger partial charge in [-0.25, -0.2) is 14.8 Å². The molecule has 0 atom stereocenters. The van der Waals surface area contributed by atoms with Crippen molar-refractivity contribution in [2.75, 3.05) is 11.2 Å². The third-order valence-corrected chi connectivity index (χ3v) is 3.33. The molecule has 0 aliphatic rings. The highest BCUT2D eigenvalue weighted by Crippen LogP contribution is 2.21. The third-order valence-electron chi connectivity index (χ3n) is 3.03. The van der Waals surface area contributed by atoms with Crippen LogP contribution in [0.4, 0.5) is 11.5 Å². The lowest BCUT2D eigenvalue weighted by molar-refractivity contribution is 0.0701. The summed E-state index contributed by atoms with van der Waals surface area (Å²) in [5.74, 6) is 0.263. The van der Waals surface area contributed by atoms with Crippen LogP contribution in [-0.4, -0.2) is 22.2 Å². The third kappa shape index (κ3) is 4.12. The van der Waals surface area contributed by atoms with Crippen molar-refractivity contribution in [1.29, 1.82) is 0 Å². The average Bonchev–Trinajstić information content (AvgIpc) is 3.15. The number of nitrogens with two attached hydrogens (primary N) is 1. The quantitative estimate of drug-likeness (QED) is 0.237. The minimum absolute atomic E-state index is 0.135. The number of hydrogen-bond acceptors (Lipinski definition) is 8. The molecule has 3 N–H and O–H groups in total. The summed E-state index contributed by atoms with van der Waals surface area (Å²) in [6, 6.07) is 9.87. The first kappa shape index (κ1) is 16.5. The molecule has 0 aliphatic carbocycles. The molecule has 0 fully saturated rings. The fourth-order valence-corrected chi connectivity index (χ4v) is 1.94. The second-order valence-corrected chi connectivity index (χ2v) is 5.09. The van der Waals surface area contributed by atoms with E-state index in [1.54, 1.807) is 36.5 Å². The molecular weight excluding hydrogens is 346 g/mol. The summed E-state index contributed by atoms with van der Waals surface area (Å²) in [7, 11) is 0. The maximum Gasteiger partial charge on any atom is 0.379 e. The van der Waals surface area contributed by atoms with Crippen LogP contribution < -0.4 is 15.9 Å². The number of nitrogen functional groups attached to an aromatic ring is 1. The highest BCUT2D eigenvalue weighted by Gasteiger charge is 2.10. The van der Waals surface area contributed by atoms with Crippen LogP contribution in [0.25, 0.3) is 0 Å². The molecule has 0 radical (unpaired) electrons. The van der Waals surface area contributed by atoms with E-state index in [2.05, 4.69) is 20.5 Å². The number of carbonyl (C=O) groups excluding carboxylic acids is 1. The van der Waals surface area contributed by atoms with Gasteiger partial charge in [0.1, 0.15) is 17.8 Å². The number of benzene rings is 1. The molecule has 2 aromatic heterocycles. The van der Waals surface area contributed by atoms with Crippen LogP contribution in [0.2, 0.25) is 5.15 Å². The molecule has 0 bridgehead atoms. The summed E-state index contributed by atoms with van der Waals surface area (Å²) in [5, 5.41) is 4.17. The zero-order valence-electron chi connectivity index (χ0n) is 12.7. The van der Waals surface area contributed by atoms with Crippen LogP contribution in [-0.2, 0) is 0 Å². The predicted octanol–water partition coefficient (Wildman–Crippen LogP) is 2.97. The maximum absolute atomic E-state index is 11.8. The number of hydrogen-bond donors (Lipinski definition) is 2. The molecule has 9 heteroatoms. The van der Waals surface area contributed by atoms with Crippen LogP contribution in [0.5, 0.6) is 5.75 Å². The molecule has 0 saturated heterocycles. The van der Waals surface area contributed by atoms with Gasteiger partial charge < -0.3 is 14.9 Å². The van der Waals surface area contributed by atoms with Gasteiger partial charge in [-0.05, 0) is 42.0 Å². The van der Waals surface area contributed by atoms with Gasteiger partial charge in [-0.1, -0.05) is 11.6 Å². The lowest BCUT2D eigenvalue weighted by Crippen LogP contribution is -2.07. The Kier molecular flexibility index (Phi) is 4.91. The number of anilines is 2. The van der Waals surface area contributed by atoms with Gasteiger partial charge >= 0.3 is 5.97 Å². The smallest absolute Gasteiger partial charge is 0.379 e. The zero-order valence-corrected chi connectivity index (χ0v) is 13.5. The number of aromatic nitrogens is 2. The minimum atomic E-state index is -0.566. The molecule has 8 nitrogen and oxygen atoms in total. The number of ether oxygens (including phenoxy) is 1. The summed E-state index contributed by atoms with van der Waals surface area (Å²) in [5.41, 5.74) is 9.38. The molecule has 2 heterocycles. The predicted molar refractivity (Wildman–Crippen MR) is 92.8 cm³/mol. The molecule has 0 spiro atoms. The van der Waals surface area contributed by atoms with Crippen molar-refractivity contribution in [2.45, 2.75) is 0 Å². The van der Waals surface area contributed by atoms with Gasteiger partial charge in [0.25, 0.3) is 0 Å². The summed E-state index contributed by atoms with van der Waals surface area (Å²) < 4.78 is 10.1. The van der Waals surface area contributed by atoms with Crippen molar-refractivity contribution < 1.29 is 13.9 Å². The van der Waals surface area contributed by atoms with E-state index in [4.69, 9.17) is 26.5 Å². The van der Waals surface area contributed by atoms with Gasteiger partial charge in [0, 0.05) is 0 Å².